The quantitative estimate of drug-likeness (QED) is 0.403. The minimum absolute atomic E-state index is 0.0675. The van der Waals surface area contributed by atoms with Crippen molar-refractivity contribution in [3.05, 3.63) is 29.3 Å². The van der Waals surface area contributed by atoms with Crippen LogP contribution >= 0.6 is 11.6 Å². The summed E-state index contributed by atoms with van der Waals surface area (Å²) in [4.78, 5) is 37.5. The maximum Gasteiger partial charge on any atom is 0.309 e. The first kappa shape index (κ1) is 24.4. The van der Waals surface area contributed by atoms with Crippen LogP contribution in [0, 0.1) is 0 Å². The van der Waals surface area contributed by atoms with Gasteiger partial charge in [-0.05, 0) is 43.5 Å². The number of amides is 3. The topological polar surface area (TPSA) is 125 Å². The van der Waals surface area contributed by atoms with E-state index in [1.54, 1.807) is 4.90 Å². The predicted molar refractivity (Wildman–Crippen MR) is 116 cm³/mol. The number of rotatable bonds is 8. The number of likely N-dealkylation sites (tertiary alicyclic amines) is 1. The van der Waals surface area contributed by atoms with Crippen LogP contribution in [0.2, 0.25) is 5.02 Å². The first-order valence-electron chi connectivity index (χ1n) is 10.5. The minimum atomic E-state index is -3.86. The fraction of sp³-hybridized carbons (Fsp3) is 0.550. The van der Waals surface area contributed by atoms with Crippen LogP contribution in [0.5, 0.6) is 0 Å². The Hall–Kier alpha value is -2.21. The van der Waals surface area contributed by atoms with E-state index in [2.05, 4.69) is 10.6 Å². The van der Waals surface area contributed by atoms with Gasteiger partial charge in [0.05, 0.1) is 18.0 Å². The predicted octanol–water partition coefficient (Wildman–Crippen LogP) is 0.322. The highest BCUT2D eigenvalue weighted by atomic mass is 35.5. The van der Waals surface area contributed by atoms with E-state index < -0.39 is 28.1 Å². The Morgan fingerprint density at radius 3 is 2.50 bits per heavy atom. The standard InChI is InChI=1S/C20H27ClN4O6S/c21-15-5-7-16(8-6-15)32(29,30)25-12-3-13-31-18(25)14-23-20(28)19(27)22-9-2-11-24-10-1-4-17(24)26/h5-8,18H,1-4,9-14H2,(H,22,27)(H,23,28). The zero-order valence-corrected chi connectivity index (χ0v) is 19.2. The third-order valence-electron chi connectivity index (χ3n) is 5.28. The average Bonchev–Trinajstić information content (AvgIpc) is 3.20. The summed E-state index contributed by atoms with van der Waals surface area (Å²) in [6, 6.07) is 5.79. The van der Waals surface area contributed by atoms with Gasteiger partial charge in [-0.25, -0.2) is 8.42 Å². The Kier molecular flexibility index (Phi) is 8.46. The maximum absolute atomic E-state index is 13.0. The Labute approximate surface area is 192 Å². The summed E-state index contributed by atoms with van der Waals surface area (Å²) in [5.74, 6) is -1.58. The minimum Gasteiger partial charge on any atom is -0.360 e. The third-order valence-corrected chi connectivity index (χ3v) is 7.43. The van der Waals surface area contributed by atoms with E-state index in [1.165, 1.54) is 28.6 Å². The van der Waals surface area contributed by atoms with Crippen molar-refractivity contribution in [3.63, 3.8) is 0 Å². The number of halogens is 1. The van der Waals surface area contributed by atoms with E-state index in [4.69, 9.17) is 16.3 Å². The highest BCUT2D eigenvalue weighted by Gasteiger charge is 2.35. The molecule has 2 N–H and O–H groups in total. The molecule has 12 heteroatoms. The number of carbonyl (C=O) groups excluding carboxylic acids is 3. The Bertz CT molecular complexity index is 940. The summed E-state index contributed by atoms with van der Waals surface area (Å²) in [5, 5.41) is 5.36. The van der Waals surface area contributed by atoms with Crippen LogP contribution in [0.4, 0.5) is 0 Å². The number of nitrogens with zero attached hydrogens (tertiary/aromatic N) is 2. The van der Waals surface area contributed by atoms with E-state index in [1.807, 2.05) is 0 Å². The summed E-state index contributed by atoms with van der Waals surface area (Å²) < 4.78 is 32.7. The molecule has 0 saturated carbocycles. The monoisotopic (exact) mass is 486 g/mol. The lowest BCUT2D eigenvalue weighted by Crippen LogP contribution is -2.53. The third kappa shape index (κ3) is 6.18. The van der Waals surface area contributed by atoms with Gasteiger partial charge in [0, 0.05) is 37.6 Å². The highest BCUT2D eigenvalue weighted by Crippen LogP contribution is 2.23. The molecule has 10 nitrogen and oxygen atoms in total. The molecule has 3 amide bonds. The van der Waals surface area contributed by atoms with Gasteiger partial charge in [0.25, 0.3) is 0 Å². The number of benzene rings is 1. The van der Waals surface area contributed by atoms with Gasteiger partial charge >= 0.3 is 11.8 Å². The number of carbonyl (C=O) groups is 3. The number of sulfonamides is 1. The molecule has 2 heterocycles. The van der Waals surface area contributed by atoms with Crippen molar-refractivity contribution >= 4 is 39.3 Å². The molecule has 1 unspecified atom stereocenters. The average molecular weight is 487 g/mol. The van der Waals surface area contributed by atoms with Crippen molar-refractivity contribution in [2.75, 3.05) is 39.3 Å². The lowest BCUT2D eigenvalue weighted by atomic mass is 10.3. The van der Waals surface area contributed by atoms with E-state index in [0.717, 1.165) is 13.0 Å². The van der Waals surface area contributed by atoms with E-state index in [-0.39, 0.29) is 30.4 Å². The van der Waals surface area contributed by atoms with E-state index in [9.17, 15) is 22.8 Å². The summed E-state index contributed by atoms with van der Waals surface area (Å²) in [6.45, 7) is 1.92. The van der Waals surface area contributed by atoms with Gasteiger partial charge in [0.1, 0.15) is 6.23 Å². The van der Waals surface area contributed by atoms with Crippen LogP contribution < -0.4 is 10.6 Å². The second-order valence-electron chi connectivity index (χ2n) is 7.55. The van der Waals surface area contributed by atoms with Gasteiger partial charge in [-0.1, -0.05) is 11.6 Å². The van der Waals surface area contributed by atoms with Crippen molar-refractivity contribution in [1.82, 2.24) is 19.8 Å². The fourth-order valence-corrected chi connectivity index (χ4v) is 5.29. The number of nitrogens with one attached hydrogen (secondary N) is 2. The van der Waals surface area contributed by atoms with Crippen LogP contribution in [0.1, 0.15) is 25.7 Å². The Morgan fingerprint density at radius 1 is 1.09 bits per heavy atom. The lowest BCUT2D eigenvalue weighted by molar-refractivity contribution is -0.140. The fourth-order valence-electron chi connectivity index (χ4n) is 3.60. The molecule has 0 spiro atoms. The lowest BCUT2D eigenvalue weighted by Gasteiger charge is -2.34. The van der Waals surface area contributed by atoms with Gasteiger partial charge in [0.15, 0.2) is 0 Å². The highest BCUT2D eigenvalue weighted by molar-refractivity contribution is 7.89. The molecule has 32 heavy (non-hydrogen) atoms. The zero-order chi connectivity index (χ0) is 23.1. The first-order valence-corrected chi connectivity index (χ1v) is 12.3. The molecule has 1 aromatic rings. The molecule has 0 radical (unpaired) electrons. The molecule has 2 aliphatic heterocycles. The normalized spacial score (nSPS) is 19.7. The maximum atomic E-state index is 13.0. The molecule has 1 atom stereocenters. The van der Waals surface area contributed by atoms with Crippen LogP contribution in [-0.4, -0.2) is 80.9 Å². The largest absolute Gasteiger partial charge is 0.360 e. The molecular weight excluding hydrogens is 460 g/mol. The molecule has 2 aliphatic rings. The Balaban J connectivity index is 1.48. The Morgan fingerprint density at radius 2 is 1.81 bits per heavy atom. The summed E-state index contributed by atoms with van der Waals surface area (Å²) in [6.07, 6.45) is 1.54. The van der Waals surface area contributed by atoms with Crippen molar-refractivity contribution in [2.45, 2.75) is 36.8 Å². The second kappa shape index (κ2) is 11.1. The summed E-state index contributed by atoms with van der Waals surface area (Å²) in [5.41, 5.74) is 0. The van der Waals surface area contributed by atoms with Gasteiger partial charge in [0.2, 0.25) is 15.9 Å². The van der Waals surface area contributed by atoms with E-state index >= 15 is 0 Å². The van der Waals surface area contributed by atoms with Gasteiger partial charge in [-0.3, -0.25) is 14.4 Å². The summed E-state index contributed by atoms with van der Waals surface area (Å²) in [7, 11) is -3.86. The van der Waals surface area contributed by atoms with Crippen LogP contribution in [0.15, 0.2) is 29.2 Å². The number of hydrogen-bond donors (Lipinski definition) is 2. The van der Waals surface area contributed by atoms with Gasteiger partial charge in [-0.2, -0.15) is 4.31 Å². The molecule has 0 bridgehead atoms. The molecule has 2 saturated heterocycles. The molecule has 2 fully saturated rings. The van der Waals surface area contributed by atoms with Crippen molar-refractivity contribution in [3.8, 4) is 0 Å². The van der Waals surface area contributed by atoms with Crippen molar-refractivity contribution < 1.29 is 27.5 Å². The SMILES string of the molecule is O=C(NCCCN1CCCC1=O)C(=O)NCC1OCCCN1S(=O)(=O)c1ccc(Cl)cc1. The van der Waals surface area contributed by atoms with Crippen LogP contribution in [0.3, 0.4) is 0 Å². The number of ether oxygens (including phenoxy) is 1. The molecule has 3 rings (SSSR count). The molecule has 0 aromatic heterocycles. The zero-order valence-electron chi connectivity index (χ0n) is 17.6. The van der Waals surface area contributed by atoms with E-state index in [0.29, 0.717) is 37.4 Å². The van der Waals surface area contributed by atoms with Crippen LogP contribution in [0.25, 0.3) is 0 Å². The van der Waals surface area contributed by atoms with Crippen molar-refractivity contribution in [2.24, 2.45) is 0 Å². The van der Waals surface area contributed by atoms with Crippen LogP contribution in [-0.2, 0) is 29.1 Å². The number of hydrogen-bond acceptors (Lipinski definition) is 6. The second-order valence-corrected chi connectivity index (χ2v) is 9.88. The molecule has 0 aliphatic carbocycles. The first-order chi connectivity index (χ1) is 15.3. The molecule has 1 aromatic carbocycles. The van der Waals surface area contributed by atoms with Gasteiger partial charge < -0.3 is 20.3 Å². The van der Waals surface area contributed by atoms with Crippen molar-refractivity contribution in [1.29, 1.82) is 0 Å². The summed E-state index contributed by atoms with van der Waals surface area (Å²) >= 11 is 5.84. The smallest absolute Gasteiger partial charge is 0.309 e. The van der Waals surface area contributed by atoms with Gasteiger partial charge in [-0.15, -0.1) is 0 Å². The molecular formula is C20H27ClN4O6S. The molecule has 176 valence electrons.